The number of benzene rings is 1. The van der Waals surface area contributed by atoms with Gasteiger partial charge in [-0.2, -0.15) is 0 Å². The third-order valence-corrected chi connectivity index (χ3v) is 4.61. The molecule has 1 aromatic carbocycles. The summed E-state index contributed by atoms with van der Waals surface area (Å²) in [5.41, 5.74) is 1.21. The second kappa shape index (κ2) is 7.78. The summed E-state index contributed by atoms with van der Waals surface area (Å²) in [6.45, 7) is 4.53. The Hall–Kier alpha value is -0.890. The second-order valence-electron chi connectivity index (χ2n) is 6.31. The first-order valence-electron chi connectivity index (χ1n) is 8.19. The van der Waals surface area contributed by atoms with Crippen molar-refractivity contribution in [2.45, 2.75) is 70.9 Å². The lowest BCUT2D eigenvalue weighted by Crippen LogP contribution is -2.42. The predicted molar refractivity (Wildman–Crippen MR) is 83.4 cm³/mol. The molecule has 2 heteroatoms. The zero-order valence-corrected chi connectivity index (χ0v) is 12.9. The fourth-order valence-electron chi connectivity index (χ4n) is 3.52. The van der Waals surface area contributed by atoms with E-state index >= 15 is 0 Å². The Morgan fingerprint density at radius 2 is 1.80 bits per heavy atom. The highest BCUT2D eigenvalue weighted by atomic mass is 19.1. The van der Waals surface area contributed by atoms with Gasteiger partial charge < -0.3 is 5.32 Å². The van der Waals surface area contributed by atoms with Gasteiger partial charge in [-0.05, 0) is 56.2 Å². The largest absolute Gasteiger partial charge is 0.311 e. The maximum absolute atomic E-state index is 12.9. The van der Waals surface area contributed by atoms with Crippen LogP contribution in [-0.2, 0) is 6.42 Å². The third-order valence-electron chi connectivity index (χ3n) is 4.61. The predicted octanol–water partition coefficient (Wildman–Crippen LogP) is 4.71. The molecule has 1 aliphatic rings. The van der Waals surface area contributed by atoms with Crippen molar-refractivity contribution < 1.29 is 4.39 Å². The van der Waals surface area contributed by atoms with Gasteiger partial charge in [0, 0.05) is 12.1 Å². The molecule has 1 nitrogen and oxygen atoms in total. The summed E-state index contributed by atoms with van der Waals surface area (Å²) in [5.74, 6) is 0.701. The monoisotopic (exact) mass is 277 g/mol. The molecule has 0 amide bonds. The van der Waals surface area contributed by atoms with E-state index < -0.39 is 0 Å². The van der Waals surface area contributed by atoms with Gasteiger partial charge in [-0.15, -0.1) is 0 Å². The van der Waals surface area contributed by atoms with Crippen molar-refractivity contribution in [3.8, 4) is 0 Å². The molecule has 0 bridgehead atoms. The van der Waals surface area contributed by atoms with Gasteiger partial charge in [0.15, 0.2) is 0 Å². The van der Waals surface area contributed by atoms with E-state index in [1.807, 2.05) is 12.1 Å². The molecular formula is C18H28FN. The van der Waals surface area contributed by atoms with Crippen molar-refractivity contribution in [2.75, 3.05) is 0 Å². The van der Waals surface area contributed by atoms with Crippen LogP contribution in [0.15, 0.2) is 24.3 Å². The lowest BCUT2D eigenvalue weighted by molar-refractivity contribution is 0.248. The Kier molecular flexibility index (Phi) is 6.03. The van der Waals surface area contributed by atoms with Crippen LogP contribution in [0, 0.1) is 11.7 Å². The lowest BCUT2D eigenvalue weighted by atomic mass is 9.82. The molecule has 20 heavy (non-hydrogen) atoms. The molecule has 1 N–H and O–H groups in total. The molecule has 0 aromatic heterocycles. The maximum atomic E-state index is 12.9. The van der Waals surface area contributed by atoms with Gasteiger partial charge >= 0.3 is 0 Å². The van der Waals surface area contributed by atoms with Crippen LogP contribution >= 0.6 is 0 Å². The van der Waals surface area contributed by atoms with Crippen LogP contribution in [0.4, 0.5) is 4.39 Å². The smallest absolute Gasteiger partial charge is 0.123 e. The summed E-state index contributed by atoms with van der Waals surface area (Å²) < 4.78 is 12.9. The quantitative estimate of drug-likeness (QED) is 0.794. The van der Waals surface area contributed by atoms with Crippen molar-refractivity contribution in [1.82, 2.24) is 5.32 Å². The van der Waals surface area contributed by atoms with Crippen LogP contribution < -0.4 is 5.32 Å². The van der Waals surface area contributed by atoms with E-state index in [9.17, 15) is 4.39 Å². The van der Waals surface area contributed by atoms with Gasteiger partial charge in [0.2, 0.25) is 0 Å². The highest BCUT2D eigenvalue weighted by Crippen LogP contribution is 2.28. The van der Waals surface area contributed by atoms with Crippen molar-refractivity contribution in [2.24, 2.45) is 5.92 Å². The number of nitrogens with one attached hydrogen (secondary N) is 1. The molecule has 2 rings (SSSR count). The first-order chi connectivity index (χ1) is 9.69. The standard InChI is InChI=1S/C18H28FN/c1-3-18(16-7-5-4-6-8-16)20-14(2)13-15-9-11-17(19)12-10-15/h9-12,14,16,18,20H,3-8,13H2,1-2H3. The Morgan fingerprint density at radius 3 is 2.40 bits per heavy atom. The number of rotatable bonds is 6. The van der Waals surface area contributed by atoms with Gasteiger partial charge in [0.1, 0.15) is 5.82 Å². The van der Waals surface area contributed by atoms with E-state index in [1.54, 1.807) is 12.1 Å². The fraction of sp³-hybridized carbons (Fsp3) is 0.667. The van der Waals surface area contributed by atoms with Crippen LogP contribution in [0.1, 0.15) is 57.9 Å². The topological polar surface area (TPSA) is 12.0 Å². The Labute approximate surface area is 123 Å². The van der Waals surface area contributed by atoms with Crippen molar-refractivity contribution in [3.05, 3.63) is 35.6 Å². The average Bonchev–Trinajstić information content (AvgIpc) is 2.48. The highest BCUT2D eigenvalue weighted by molar-refractivity contribution is 5.17. The number of halogens is 1. The van der Waals surface area contributed by atoms with Crippen LogP contribution in [0.2, 0.25) is 0 Å². The minimum absolute atomic E-state index is 0.150. The Bertz CT molecular complexity index is 381. The zero-order valence-electron chi connectivity index (χ0n) is 12.9. The summed E-state index contributed by atoms with van der Waals surface area (Å²) in [6.07, 6.45) is 9.16. The van der Waals surface area contributed by atoms with E-state index in [-0.39, 0.29) is 5.82 Å². The molecule has 0 aliphatic heterocycles. The first-order valence-corrected chi connectivity index (χ1v) is 8.19. The number of hydrogen-bond donors (Lipinski definition) is 1. The zero-order chi connectivity index (χ0) is 14.4. The van der Waals surface area contributed by atoms with E-state index in [2.05, 4.69) is 19.2 Å². The van der Waals surface area contributed by atoms with Gasteiger partial charge in [-0.1, -0.05) is 38.3 Å². The van der Waals surface area contributed by atoms with Crippen molar-refractivity contribution in [1.29, 1.82) is 0 Å². The SMILES string of the molecule is CCC(NC(C)Cc1ccc(F)cc1)C1CCCCC1. The normalized spacial score (nSPS) is 19.8. The van der Waals surface area contributed by atoms with Gasteiger partial charge in [-0.25, -0.2) is 4.39 Å². The van der Waals surface area contributed by atoms with Crippen LogP contribution in [0.3, 0.4) is 0 Å². The summed E-state index contributed by atoms with van der Waals surface area (Å²) in [4.78, 5) is 0. The molecule has 1 aromatic rings. The number of hydrogen-bond acceptors (Lipinski definition) is 1. The van der Waals surface area contributed by atoms with Crippen molar-refractivity contribution in [3.63, 3.8) is 0 Å². The average molecular weight is 277 g/mol. The molecule has 0 saturated heterocycles. The van der Waals surface area contributed by atoms with Crippen molar-refractivity contribution >= 4 is 0 Å². The minimum Gasteiger partial charge on any atom is -0.311 e. The van der Waals surface area contributed by atoms with E-state index in [0.717, 1.165) is 12.3 Å². The summed E-state index contributed by atoms with van der Waals surface area (Å²) in [6, 6.07) is 8.00. The van der Waals surface area contributed by atoms with Gasteiger partial charge in [0.05, 0.1) is 0 Å². The fourth-order valence-corrected chi connectivity index (χ4v) is 3.52. The van der Waals surface area contributed by atoms with Crippen LogP contribution in [-0.4, -0.2) is 12.1 Å². The summed E-state index contributed by atoms with van der Waals surface area (Å²) >= 11 is 0. The molecular weight excluding hydrogens is 249 g/mol. The lowest BCUT2D eigenvalue weighted by Gasteiger charge is -2.32. The Morgan fingerprint density at radius 1 is 1.15 bits per heavy atom. The molecule has 0 spiro atoms. The molecule has 1 fully saturated rings. The molecule has 0 radical (unpaired) electrons. The highest BCUT2D eigenvalue weighted by Gasteiger charge is 2.23. The molecule has 2 unspecified atom stereocenters. The third kappa shape index (κ3) is 4.59. The maximum Gasteiger partial charge on any atom is 0.123 e. The summed E-state index contributed by atoms with van der Waals surface area (Å²) in [5, 5.41) is 3.81. The van der Waals surface area contributed by atoms with E-state index in [4.69, 9.17) is 0 Å². The molecule has 1 saturated carbocycles. The molecule has 112 valence electrons. The molecule has 0 heterocycles. The second-order valence-corrected chi connectivity index (χ2v) is 6.31. The van der Waals surface area contributed by atoms with Gasteiger partial charge in [0.25, 0.3) is 0 Å². The van der Waals surface area contributed by atoms with E-state index in [0.29, 0.717) is 12.1 Å². The minimum atomic E-state index is -0.150. The van der Waals surface area contributed by atoms with Crippen LogP contribution in [0.5, 0.6) is 0 Å². The van der Waals surface area contributed by atoms with Gasteiger partial charge in [-0.3, -0.25) is 0 Å². The van der Waals surface area contributed by atoms with E-state index in [1.165, 1.54) is 44.1 Å². The summed E-state index contributed by atoms with van der Waals surface area (Å²) in [7, 11) is 0. The van der Waals surface area contributed by atoms with Crippen LogP contribution in [0.25, 0.3) is 0 Å². The first kappa shape index (κ1) is 15.5. The molecule has 1 aliphatic carbocycles. The molecule has 2 atom stereocenters. The Balaban J connectivity index is 1.84.